The number of carbonyl (C=O) groups excluding carboxylic acids is 3. The van der Waals surface area contributed by atoms with Gasteiger partial charge in [0.2, 0.25) is 5.91 Å². The fourth-order valence-electron chi connectivity index (χ4n) is 6.29. The number of ketones is 1. The van der Waals surface area contributed by atoms with Crippen LogP contribution >= 0.6 is 0 Å². The molecule has 1 aromatic rings. The van der Waals surface area contributed by atoms with Crippen molar-refractivity contribution >= 4 is 17.6 Å². The predicted octanol–water partition coefficient (Wildman–Crippen LogP) is 5.49. The zero-order valence-electron chi connectivity index (χ0n) is 21.1. The molecule has 2 atom stereocenters. The third-order valence-corrected chi connectivity index (χ3v) is 8.34. The maximum atomic E-state index is 13.3. The molecule has 2 amide bonds. The summed E-state index contributed by atoms with van der Waals surface area (Å²) in [5.41, 5.74) is 1.75. The van der Waals surface area contributed by atoms with Crippen LogP contribution in [0, 0.1) is 17.8 Å². The van der Waals surface area contributed by atoms with Crippen LogP contribution in [0.2, 0.25) is 0 Å². The molecule has 1 saturated heterocycles. The Bertz CT molecular complexity index is 868. The molecule has 5 nitrogen and oxygen atoms in total. The molecule has 2 aliphatic carbocycles. The number of nitrogens with one attached hydrogen (secondary N) is 1. The van der Waals surface area contributed by atoms with E-state index in [1.54, 1.807) is 0 Å². The van der Waals surface area contributed by atoms with E-state index in [9.17, 15) is 14.4 Å². The highest BCUT2D eigenvalue weighted by atomic mass is 16.2. The van der Waals surface area contributed by atoms with Crippen molar-refractivity contribution in [2.45, 2.75) is 96.4 Å². The fourth-order valence-corrected chi connectivity index (χ4v) is 6.29. The van der Waals surface area contributed by atoms with Crippen LogP contribution in [0.1, 0.15) is 106 Å². The summed E-state index contributed by atoms with van der Waals surface area (Å²) in [6.45, 7) is 5.45. The number of hydrogen-bond acceptors (Lipinski definition) is 3. The number of carbonyl (C=O) groups is 3. The van der Waals surface area contributed by atoms with Crippen molar-refractivity contribution in [2.24, 2.45) is 17.8 Å². The molecular formula is C29H42N2O3. The van der Waals surface area contributed by atoms with Crippen LogP contribution in [0.25, 0.3) is 0 Å². The first kappa shape index (κ1) is 24.9. The second-order valence-corrected chi connectivity index (χ2v) is 11.1. The van der Waals surface area contributed by atoms with Crippen LogP contribution in [0.15, 0.2) is 24.3 Å². The molecule has 0 spiro atoms. The van der Waals surface area contributed by atoms with Gasteiger partial charge in [0.1, 0.15) is 0 Å². The van der Waals surface area contributed by atoms with Gasteiger partial charge in [-0.1, -0.05) is 58.1 Å². The van der Waals surface area contributed by atoms with Crippen molar-refractivity contribution in [1.29, 1.82) is 0 Å². The van der Waals surface area contributed by atoms with Gasteiger partial charge in [0.25, 0.3) is 5.91 Å². The molecule has 4 rings (SSSR count). The minimum Gasteiger partial charge on any atom is -0.342 e. The highest BCUT2D eigenvalue weighted by Gasteiger charge is 2.33. The van der Waals surface area contributed by atoms with Crippen molar-refractivity contribution in [3.63, 3.8) is 0 Å². The molecule has 3 fully saturated rings. The van der Waals surface area contributed by atoms with Crippen molar-refractivity contribution in [3.05, 3.63) is 35.4 Å². The largest absolute Gasteiger partial charge is 0.342 e. The molecule has 5 heteroatoms. The quantitative estimate of drug-likeness (QED) is 0.578. The van der Waals surface area contributed by atoms with E-state index < -0.39 is 6.04 Å². The Morgan fingerprint density at radius 3 is 2.32 bits per heavy atom. The monoisotopic (exact) mass is 466 g/mol. The van der Waals surface area contributed by atoms with Gasteiger partial charge < -0.3 is 10.2 Å². The SMILES string of the molecule is CC(C)C(=O)C(NC(=O)c1cccc(C2CCCN(C(=O)C3CCCC3)C2)c1)C1CCCCC1. The minimum atomic E-state index is -0.398. The average Bonchev–Trinajstić information content (AvgIpc) is 3.42. The number of Topliss-reactive ketones (excluding diaryl/α,β-unsaturated/α-hetero) is 1. The van der Waals surface area contributed by atoms with Crippen LogP contribution in [0.5, 0.6) is 0 Å². The summed E-state index contributed by atoms with van der Waals surface area (Å²) < 4.78 is 0. The second-order valence-electron chi connectivity index (χ2n) is 11.1. The zero-order valence-corrected chi connectivity index (χ0v) is 21.1. The van der Waals surface area contributed by atoms with Crippen molar-refractivity contribution in [2.75, 3.05) is 13.1 Å². The van der Waals surface area contributed by atoms with Gasteiger partial charge >= 0.3 is 0 Å². The molecule has 0 radical (unpaired) electrons. The molecule has 34 heavy (non-hydrogen) atoms. The van der Waals surface area contributed by atoms with E-state index in [-0.39, 0.29) is 35.4 Å². The Kier molecular flexibility index (Phi) is 8.44. The van der Waals surface area contributed by atoms with Crippen LogP contribution in [0.4, 0.5) is 0 Å². The normalized spacial score (nSPS) is 23.1. The van der Waals surface area contributed by atoms with Crippen molar-refractivity contribution in [3.8, 4) is 0 Å². The lowest BCUT2D eigenvalue weighted by molar-refractivity contribution is -0.136. The lowest BCUT2D eigenvalue weighted by atomic mass is 9.80. The average molecular weight is 467 g/mol. The van der Waals surface area contributed by atoms with E-state index in [4.69, 9.17) is 0 Å². The third kappa shape index (κ3) is 5.90. The summed E-state index contributed by atoms with van der Waals surface area (Å²) in [5, 5.41) is 3.13. The first-order valence-corrected chi connectivity index (χ1v) is 13.7. The van der Waals surface area contributed by atoms with Gasteiger partial charge in [-0.2, -0.15) is 0 Å². The van der Waals surface area contributed by atoms with Crippen molar-refractivity contribution < 1.29 is 14.4 Å². The van der Waals surface area contributed by atoms with Gasteiger partial charge in [0.05, 0.1) is 6.04 Å². The second kappa shape index (κ2) is 11.5. The van der Waals surface area contributed by atoms with Gasteiger partial charge in [-0.05, 0) is 62.1 Å². The Balaban J connectivity index is 1.44. The highest BCUT2D eigenvalue weighted by molar-refractivity contribution is 5.98. The van der Waals surface area contributed by atoms with Gasteiger partial charge in [-0.3, -0.25) is 14.4 Å². The lowest BCUT2D eigenvalue weighted by Gasteiger charge is -2.35. The van der Waals surface area contributed by atoms with Gasteiger partial charge in [0, 0.05) is 36.4 Å². The maximum Gasteiger partial charge on any atom is 0.251 e. The predicted molar refractivity (Wildman–Crippen MR) is 135 cm³/mol. The number of rotatable bonds is 7. The number of hydrogen-bond donors (Lipinski definition) is 1. The third-order valence-electron chi connectivity index (χ3n) is 8.34. The number of benzene rings is 1. The number of nitrogens with zero attached hydrogens (tertiary/aromatic N) is 1. The highest BCUT2D eigenvalue weighted by Crippen LogP contribution is 2.32. The molecule has 2 saturated carbocycles. The Labute approximate surface area is 205 Å². The van der Waals surface area contributed by atoms with E-state index in [0.29, 0.717) is 11.5 Å². The summed E-state index contributed by atoms with van der Waals surface area (Å²) in [6.07, 6.45) is 12.0. The van der Waals surface area contributed by atoms with Crippen LogP contribution in [0.3, 0.4) is 0 Å². The summed E-state index contributed by atoms with van der Waals surface area (Å²) in [7, 11) is 0. The molecule has 3 aliphatic rings. The summed E-state index contributed by atoms with van der Waals surface area (Å²) in [6, 6.07) is 7.47. The zero-order chi connectivity index (χ0) is 24.1. The Morgan fingerprint density at radius 2 is 1.62 bits per heavy atom. The van der Waals surface area contributed by atoms with E-state index >= 15 is 0 Å². The van der Waals surface area contributed by atoms with Crippen molar-refractivity contribution in [1.82, 2.24) is 10.2 Å². The topological polar surface area (TPSA) is 66.5 Å². The number of amides is 2. The lowest BCUT2D eigenvalue weighted by Crippen LogP contribution is -2.48. The summed E-state index contributed by atoms with van der Waals surface area (Å²) >= 11 is 0. The molecule has 186 valence electrons. The van der Waals surface area contributed by atoms with E-state index in [0.717, 1.165) is 70.0 Å². The smallest absolute Gasteiger partial charge is 0.251 e. The van der Waals surface area contributed by atoms with Gasteiger partial charge in [0.15, 0.2) is 5.78 Å². The molecule has 0 bridgehead atoms. The molecule has 1 N–H and O–H groups in total. The Morgan fingerprint density at radius 1 is 0.912 bits per heavy atom. The minimum absolute atomic E-state index is 0.0933. The summed E-state index contributed by atoms with van der Waals surface area (Å²) in [5.74, 6) is 0.947. The summed E-state index contributed by atoms with van der Waals surface area (Å²) in [4.78, 5) is 41.3. The molecule has 1 heterocycles. The van der Waals surface area contributed by atoms with Gasteiger partial charge in [-0.25, -0.2) is 0 Å². The van der Waals surface area contributed by atoms with Crippen LogP contribution < -0.4 is 5.32 Å². The first-order chi connectivity index (χ1) is 16.4. The van der Waals surface area contributed by atoms with E-state index in [1.165, 1.54) is 19.3 Å². The molecule has 2 unspecified atom stereocenters. The van der Waals surface area contributed by atoms with E-state index in [2.05, 4.69) is 16.3 Å². The number of piperidine rings is 1. The Hall–Kier alpha value is -2.17. The van der Waals surface area contributed by atoms with E-state index in [1.807, 2.05) is 32.0 Å². The molecular weight excluding hydrogens is 424 g/mol. The molecule has 1 aliphatic heterocycles. The first-order valence-electron chi connectivity index (χ1n) is 13.7. The fraction of sp³-hybridized carbons (Fsp3) is 0.690. The van der Waals surface area contributed by atoms with Gasteiger partial charge in [-0.15, -0.1) is 0 Å². The molecule has 0 aromatic heterocycles. The van der Waals surface area contributed by atoms with Crippen LogP contribution in [-0.2, 0) is 9.59 Å². The standard InChI is InChI=1S/C29H42N2O3/c1-20(2)27(32)26(21-10-4-3-5-11-21)30-28(33)24-15-8-14-23(18-24)25-16-9-17-31(19-25)29(34)22-12-6-7-13-22/h8,14-15,18,20-22,25-26H,3-7,9-13,16-17,19H2,1-2H3,(H,30,33). The maximum absolute atomic E-state index is 13.3. The number of likely N-dealkylation sites (tertiary alicyclic amines) is 1. The molecule has 1 aromatic carbocycles. The van der Waals surface area contributed by atoms with Crippen LogP contribution in [-0.4, -0.2) is 41.6 Å².